The first kappa shape index (κ1) is 12.9. The molecule has 0 radical (unpaired) electrons. The summed E-state index contributed by atoms with van der Waals surface area (Å²) in [7, 11) is 1.04. The van der Waals surface area contributed by atoms with Crippen molar-refractivity contribution in [1.29, 1.82) is 0 Å². The van der Waals surface area contributed by atoms with E-state index in [4.69, 9.17) is 5.11 Å². The van der Waals surface area contributed by atoms with Gasteiger partial charge >= 0.3 is 12.3 Å². The molecule has 17 heavy (non-hydrogen) atoms. The maximum absolute atomic E-state index is 11.9. The molecule has 1 aromatic rings. The summed E-state index contributed by atoms with van der Waals surface area (Å²) in [5.74, 6) is -3.09. The number of methoxy groups -OCH3 is 1. The van der Waals surface area contributed by atoms with Gasteiger partial charge < -0.3 is 19.6 Å². The van der Waals surface area contributed by atoms with E-state index in [0.29, 0.717) is 6.07 Å². The Kier molecular flexibility index (Phi) is 3.30. The third kappa shape index (κ3) is 3.13. The van der Waals surface area contributed by atoms with Crippen molar-refractivity contribution in [3.8, 4) is 11.5 Å². The predicted molar refractivity (Wildman–Crippen MR) is 47.3 cm³/mol. The first-order chi connectivity index (χ1) is 7.74. The van der Waals surface area contributed by atoms with Crippen LogP contribution in [0.3, 0.4) is 0 Å². The van der Waals surface area contributed by atoms with E-state index < -0.39 is 35.1 Å². The van der Waals surface area contributed by atoms with Gasteiger partial charge in [0.2, 0.25) is 0 Å². The molecule has 0 saturated carbocycles. The lowest BCUT2D eigenvalue weighted by Crippen LogP contribution is -2.24. The lowest BCUT2D eigenvalue weighted by atomic mass is 10.3. The Morgan fingerprint density at radius 1 is 1.41 bits per heavy atom. The summed E-state index contributed by atoms with van der Waals surface area (Å²) in [6.07, 6.45) is -5.05. The SMILES string of the molecule is COc1cc(OC(F)(F)F)c(=O)[nH]c1C(=O)O. The Bertz CT molecular complexity index is 493. The average Bonchev–Trinajstić information content (AvgIpc) is 2.18. The van der Waals surface area contributed by atoms with Crippen molar-refractivity contribution in [2.45, 2.75) is 6.36 Å². The monoisotopic (exact) mass is 253 g/mol. The van der Waals surface area contributed by atoms with Crippen molar-refractivity contribution in [2.75, 3.05) is 7.11 Å². The lowest BCUT2D eigenvalue weighted by molar-refractivity contribution is -0.275. The standard InChI is InChI=1S/C8H6F3NO5/c1-16-3-2-4(17-8(9,10)11)6(13)12-5(3)7(14)15/h2H,1H3,(H,12,13)(H,14,15). The molecule has 0 fully saturated rings. The van der Waals surface area contributed by atoms with Gasteiger partial charge in [0.05, 0.1) is 7.11 Å². The van der Waals surface area contributed by atoms with E-state index in [1.807, 2.05) is 0 Å². The maximum Gasteiger partial charge on any atom is 0.573 e. The fourth-order valence-corrected chi connectivity index (χ4v) is 1.01. The van der Waals surface area contributed by atoms with Crippen molar-refractivity contribution in [3.63, 3.8) is 0 Å². The molecule has 2 N–H and O–H groups in total. The topological polar surface area (TPSA) is 88.6 Å². The van der Waals surface area contributed by atoms with Crippen LogP contribution in [0.15, 0.2) is 10.9 Å². The van der Waals surface area contributed by atoms with Gasteiger partial charge in [-0.25, -0.2) is 4.79 Å². The molecule has 94 valence electrons. The van der Waals surface area contributed by atoms with Crippen LogP contribution in [0.2, 0.25) is 0 Å². The van der Waals surface area contributed by atoms with Crippen LogP contribution in [0, 0.1) is 0 Å². The van der Waals surface area contributed by atoms with E-state index in [-0.39, 0.29) is 0 Å². The first-order valence-corrected chi connectivity index (χ1v) is 4.05. The summed E-state index contributed by atoms with van der Waals surface area (Å²) in [6, 6.07) is 0.551. The lowest BCUT2D eigenvalue weighted by Gasteiger charge is -2.10. The summed E-state index contributed by atoms with van der Waals surface area (Å²) in [5.41, 5.74) is -1.98. The number of aromatic carboxylic acids is 1. The molecule has 0 aliphatic carbocycles. The summed E-state index contributed by atoms with van der Waals surface area (Å²) >= 11 is 0. The number of H-pyrrole nitrogens is 1. The number of carbonyl (C=O) groups is 1. The highest BCUT2D eigenvalue weighted by Gasteiger charge is 2.33. The molecule has 1 heterocycles. The molecule has 1 aromatic heterocycles. The van der Waals surface area contributed by atoms with Crippen LogP contribution in [-0.2, 0) is 0 Å². The second kappa shape index (κ2) is 4.36. The second-order valence-electron chi connectivity index (χ2n) is 2.76. The summed E-state index contributed by atoms with van der Waals surface area (Å²) < 4.78 is 43.6. The number of hydrogen-bond donors (Lipinski definition) is 2. The Hall–Kier alpha value is -2.19. The number of ether oxygens (including phenoxy) is 2. The highest BCUT2D eigenvalue weighted by molar-refractivity contribution is 5.88. The van der Waals surface area contributed by atoms with Crippen LogP contribution in [0.5, 0.6) is 11.5 Å². The number of hydrogen-bond acceptors (Lipinski definition) is 4. The molecule has 0 saturated heterocycles. The fourth-order valence-electron chi connectivity index (χ4n) is 1.01. The van der Waals surface area contributed by atoms with Crippen molar-refractivity contribution < 1.29 is 32.5 Å². The zero-order valence-electron chi connectivity index (χ0n) is 8.29. The van der Waals surface area contributed by atoms with Gasteiger partial charge in [-0.3, -0.25) is 4.79 Å². The number of nitrogens with one attached hydrogen (secondary N) is 1. The summed E-state index contributed by atoms with van der Waals surface area (Å²) in [4.78, 5) is 23.4. The number of alkyl halides is 3. The number of rotatable bonds is 3. The minimum Gasteiger partial charge on any atom is -0.494 e. The molecule has 9 heteroatoms. The van der Waals surface area contributed by atoms with Gasteiger partial charge in [0, 0.05) is 6.07 Å². The molecular formula is C8H6F3NO5. The molecule has 0 spiro atoms. The first-order valence-electron chi connectivity index (χ1n) is 4.05. The van der Waals surface area contributed by atoms with Crippen LogP contribution in [-0.4, -0.2) is 29.5 Å². The molecule has 0 unspecified atom stereocenters. The highest BCUT2D eigenvalue weighted by Crippen LogP contribution is 2.24. The van der Waals surface area contributed by atoms with Gasteiger partial charge in [0.15, 0.2) is 17.2 Å². The van der Waals surface area contributed by atoms with Crippen molar-refractivity contribution in [1.82, 2.24) is 4.98 Å². The normalized spacial score (nSPS) is 11.1. The van der Waals surface area contributed by atoms with Crippen LogP contribution < -0.4 is 15.0 Å². The van der Waals surface area contributed by atoms with Crippen molar-refractivity contribution in [2.24, 2.45) is 0 Å². The second-order valence-corrected chi connectivity index (χ2v) is 2.76. The number of aromatic amines is 1. The number of pyridine rings is 1. The number of aromatic nitrogens is 1. The van der Waals surface area contributed by atoms with E-state index in [1.165, 1.54) is 0 Å². The Balaban J connectivity index is 3.28. The van der Waals surface area contributed by atoms with E-state index in [0.717, 1.165) is 7.11 Å². The van der Waals surface area contributed by atoms with Gasteiger partial charge in [-0.05, 0) is 0 Å². The van der Waals surface area contributed by atoms with Gasteiger partial charge in [-0.1, -0.05) is 0 Å². The molecule has 0 aliphatic heterocycles. The third-order valence-corrected chi connectivity index (χ3v) is 1.63. The molecule has 0 aliphatic rings. The summed E-state index contributed by atoms with van der Waals surface area (Å²) in [5, 5.41) is 8.63. The molecule has 1 rings (SSSR count). The Morgan fingerprint density at radius 3 is 2.41 bits per heavy atom. The highest BCUT2D eigenvalue weighted by atomic mass is 19.4. The van der Waals surface area contributed by atoms with Crippen molar-refractivity contribution >= 4 is 5.97 Å². The fraction of sp³-hybridized carbons (Fsp3) is 0.250. The zero-order chi connectivity index (χ0) is 13.2. The van der Waals surface area contributed by atoms with E-state index in [9.17, 15) is 22.8 Å². The smallest absolute Gasteiger partial charge is 0.494 e. The summed E-state index contributed by atoms with van der Waals surface area (Å²) in [6.45, 7) is 0. The van der Waals surface area contributed by atoms with Crippen molar-refractivity contribution in [3.05, 3.63) is 22.1 Å². The Labute approximate surface area is 91.6 Å². The maximum atomic E-state index is 11.9. The quantitative estimate of drug-likeness (QED) is 0.838. The largest absolute Gasteiger partial charge is 0.573 e. The van der Waals surface area contributed by atoms with Gasteiger partial charge in [-0.15, -0.1) is 13.2 Å². The van der Waals surface area contributed by atoms with Gasteiger partial charge in [0.1, 0.15) is 0 Å². The molecule has 0 amide bonds. The molecule has 0 aromatic carbocycles. The number of carboxylic acids is 1. The van der Waals surface area contributed by atoms with Crippen LogP contribution in [0.4, 0.5) is 13.2 Å². The molecule has 6 nitrogen and oxygen atoms in total. The third-order valence-electron chi connectivity index (χ3n) is 1.63. The minimum absolute atomic E-state index is 0.448. The Morgan fingerprint density at radius 2 is 2.00 bits per heavy atom. The van der Waals surface area contributed by atoms with E-state index in [2.05, 4.69) is 9.47 Å². The average molecular weight is 253 g/mol. The van der Waals surface area contributed by atoms with Gasteiger partial charge in [-0.2, -0.15) is 0 Å². The molecular weight excluding hydrogens is 247 g/mol. The zero-order valence-corrected chi connectivity index (χ0v) is 8.29. The van der Waals surface area contributed by atoms with E-state index >= 15 is 0 Å². The minimum atomic E-state index is -5.05. The van der Waals surface area contributed by atoms with Gasteiger partial charge in [0.25, 0.3) is 5.56 Å². The number of halogens is 3. The van der Waals surface area contributed by atoms with Crippen LogP contribution >= 0.6 is 0 Å². The predicted octanol–water partition coefficient (Wildman–Crippen LogP) is 0.980. The number of carboxylic acid groups (broad SMARTS) is 1. The molecule has 0 atom stereocenters. The van der Waals surface area contributed by atoms with Crippen LogP contribution in [0.25, 0.3) is 0 Å². The van der Waals surface area contributed by atoms with E-state index in [1.54, 1.807) is 4.98 Å². The van der Waals surface area contributed by atoms with Crippen LogP contribution in [0.1, 0.15) is 10.5 Å². The molecule has 0 bridgehead atoms.